The van der Waals surface area contributed by atoms with Crippen molar-refractivity contribution in [3.8, 4) is 11.5 Å². The second-order valence-electron chi connectivity index (χ2n) is 9.42. The van der Waals surface area contributed by atoms with Gasteiger partial charge in [-0.05, 0) is 49.6 Å². The van der Waals surface area contributed by atoms with Crippen LogP contribution in [-0.2, 0) is 0 Å². The molecule has 1 aromatic heterocycles. The van der Waals surface area contributed by atoms with E-state index in [-0.39, 0.29) is 23.0 Å². The molecule has 2 aliphatic rings. The zero-order valence-corrected chi connectivity index (χ0v) is 20.7. The van der Waals surface area contributed by atoms with Gasteiger partial charge in [-0.3, -0.25) is 9.59 Å². The van der Waals surface area contributed by atoms with Gasteiger partial charge in [-0.1, -0.05) is 18.2 Å². The summed E-state index contributed by atoms with van der Waals surface area (Å²) in [6.45, 7) is 4.03. The Balaban J connectivity index is 1.61. The van der Waals surface area contributed by atoms with E-state index in [4.69, 9.17) is 9.47 Å². The maximum atomic E-state index is 15.6. The van der Waals surface area contributed by atoms with E-state index in [1.54, 1.807) is 31.5 Å². The highest BCUT2D eigenvalue weighted by molar-refractivity contribution is 6.08. The lowest BCUT2D eigenvalue weighted by Gasteiger charge is -2.35. The summed E-state index contributed by atoms with van der Waals surface area (Å²) in [6.07, 6.45) is 6.50. The third kappa shape index (κ3) is 4.48. The van der Waals surface area contributed by atoms with Crippen molar-refractivity contribution in [2.24, 2.45) is 0 Å². The van der Waals surface area contributed by atoms with Gasteiger partial charge in [0.1, 0.15) is 11.4 Å². The summed E-state index contributed by atoms with van der Waals surface area (Å²) < 4.78 is 28.4. The normalized spacial score (nSPS) is 18.1. The number of benzene rings is 2. The monoisotopic (exact) mass is 491 g/mol. The molecule has 8 heteroatoms. The predicted octanol–water partition coefficient (Wildman–Crippen LogP) is 4.19. The van der Waals surface area contributed by atoms with Crippen LogP contribution in [0.1, 0.15) is 41.7 Å². The minimum Gasteiger partial charge on any atom is -0.497 e. The fraction of sp³-hybridized carbons (Fsp3) is 0.357. The maximum absolute atomic E-state index is 15.6. The Morgan fingerprint density at radius 2 is 1.92 bits per heavy atom. The molecule has 1 unspecified atom stereocenters. The van der Waals surface area contributed by atoms with E-state index in [9.17, 15) is 9.59 Å². The summed E-state index contributed by atoms with van der Waals surface area (Å²) in [5, 5.41) is 3.52. The number of carbonyl (C=O) groups is 1. The van der Waals surface area contributed by atoms with Crippen LogP contribution < -0.4 is 25.1 Å². The van der Waals surface area contributed by atoms with Crippen LogP contribution in [0, 0.1) is 5.82 Å². The Hall–Kier alpha value is -3.65. The fourth-order valence-electron chi connectivity index (χ4n) is 4.86. The van der Waals surface area contributed by atoms with Crippen LogP contribution >= 0.6 is 0 Å². The van der Waals surface area contributed by atoms with Crippen LogP contribution in [0.3, 0.4) is 0 Å². The number of nitrogens with zero attached hydrogens (tertiary/aromatic N) is 2. The highest BCUT2D eigenvalue weighted by atomic mass is 19.1. The van der Waals surface area contributed by atoms with Gasteiger partial charge in [0.25, 0.3) is 0 Å². The van der Waals surface area contributed by atoms with Gasteiger partial charge in [0.15, 0.2) is 17.3 Å². The van der Waals surface area contributed by atoms with Crippen molar-refractivity contribution in [3.05, 3.63) is 69.8 Å². The summed E-state index contributed by atoms with van der Waals surface area (Å²) >= 11 is 0. The van der Waals surface area contributed by atoms with E-state index < -0.39 is 17.0 Å². The molecule has 1 saturated carbocycles. The maximum Gasteiger partial charge on any atom is 0.200 e. The van der Waals surface area contributed by atoms with E-state index in [1.807, 2.05) is 21.6 Å². The molecule has 1 N–H and O–H groups in total. The lowest BCUT2D eigenvalue weighted by Crippen LogP contribution is -2.49. The number of ketones is 1. The zero-order valence-electron chi connectivity index (χ0n) is 20.7. The average Bonchev–Trinajstić information content (AvgIpc) is 3.73. The van der Waals surface area contributed by atoms with Crippen molar-refractivity contribution in [1.29, 1.82) is 0 Å². The number of rotatable bonds is 7. The number of halogens is 1. The molecule has 1 saturated heterocycles. The third-order valence-corrected chi connectivity index (χ3v) is 6.84. The number of allylic oxidation sites excluding steroid dienone is 1. The molecule has 0 radical (unpaired) electrons. The molecular formula is C28H30FN3O4. The Morgan fingerprint density at radius 3 is 2.56 bits per heavy atom. The van der Waals surface area contributed by atoms with Crippen LogP contribution in [0.15, 0.2) is 47.4 Å². The number of anilines is 1. The van der Waals surface area contributed by atoms with Gasteiger partial charge in [-0.25, -0.2) is 4.39 Å². The molecule has 7 nitrogen and oxygen atoms in total. The average molecular weight is 492 g/mol. The van der Waals surface area contributed by atoms with Crippen molar-refractivity contribution in [2.45, 2.75) is 31.8 Å². The molecule has 36 heavy (non-hydrogen) atoms. The standard InChI is InChI=1S/C28H30FN3O4/c1-17-15-31(13-12-30-17)26-23(29)14-21-25(28(26)36-3)32(19-7-8-19)16-22(27(21)34)24(33)11-6-18-4-9-20(35-2)10-5-18/h4-6,9-11,14,16-17,19,30H,7-8,12-13,15H2,1-3H3/b11-6+. The number of carbonyl (C=O) groups excluding carboxylic acids is 1. The number of pyridine rings is 1. The van der Waals surface area contributed by atoms with Crippen LogP contribution in [0.25, 0.3) is 17.0 Å². The number of hydrogen-bond acceptors (Lipinski definition) is 6. The van der Waals surface area contributed by atoms with Crippen LogP contribution in [0.5, 0.6) is 11.5 Å². The van der Waals surface area contributed by atoms with Gasteiger partial charge < -0.3 is 24.3 Å². The Bertz CT molecular complexity index is 1390. The minimum atomic E-state index is -0.522. The number of piperazine rings is 1. The smallest absolute Gasteiger partial charge is 0.200 e. The second-order valence-corrected chi connectivity index (χ2v) is 9.42. The van der Waals surface area contributed by atoms with Crippen LogP contribution in [0.2, 0.25) is 0 Å². The SMILES string of the molecule is COc1ccc(/C=C/C(=O)c2cn(C3CC3)c3c(OC)c(N4CCNC(C)C4)c(F)cc3c2=O)cc1. The van der Waals surface area contributed by atoms with Gasteiger partial charge in [0, 0.05) is 37.9 Å². The first kappa shape index (κ1) is 24.1. The number of aromatic nitrogens is 1. The first-order valence-corrected chi connectivity index (χ1v) is 12.2. The number of hydrogen-bond donors (Lipinski definition) is 1. The van der Waals surface area contributed by atoms with Gasteiger partial charge in [0.2, 0.25) is 5.43 Å². The number of fused-ring (bicyclic) bond motifs is 1. The van der Waals surface area contributed by atoms with Gasteiger partial charge in [0.05, 0.1) is 30.7 Å². The van der Waals surface area contributed by atoms with Crippen molar-refractivity contribution in [3.63, 3.8) is 0 Å². The topological polar surface area (TPSA) is 72.8 Å². The van der Waals surface area contributed by atoms with Gasteiger partial charge >= 0.3 is 0 Å². The molecule has 1 aliphatic carbocycles. The van der Waals surface area contributed by atoms with Crippen molar-refractivity contribution in [2.75, 3.05) is 38.8 Å². The number of ether oxygens (including phenoxy) is 2. The summed E-state index contributed by atoms with van der Waals surface area (Å²) in [6, 6.07) is 8.85. The summed E-state index contributed by atoms with van der Waals surface area (Å²) in [5.41, 5.74) is 1.23. The molecule has 1 aliphatic heterocycles. The van der Waals surface area contributed by atoms with E-state index in [2.05, 4.69) is 12.2 Å². The highest BCUT2D eigenvalue weighted by Gasteiger charge is 2.31. The fourth-order valence-corrected chi connectivity index (χ4v) is 4.86. The van der Waals surface area contributed by atoms with Crippen LogP contribution in [0.4, 0.5) is 10.1 Å². The number of methoxy groups -OCH3 is 2. The molecule has 3 aromatic rings. The Kier molecular flexibility index (Phi) is 6.53. The lowest BCUT2D eigenvalue weighted by molar-refractivity contribution is 0.104. The predicted molar refractivity (Wildman–Crippen MR) is 139 cm³/mol. The van der Waals surface area contributed by atoms with E-state index in [1.165, 1.54) is 19.3 Å². The van der Waals surface area contributed by atoms with E-state index in [0.29, 0.717) is 35.8 Å². The Labute approximate surface area is 209 Å². The first-order valence-electron chi connectivity index (χ1n) is 12.2. The molecule has 1 atom stereocenters. The second kappa shape index (κ2) is 9.78. The van der Waals surface area contributed by atoms with Crippen molar-refractivity contribution < 1.29 is 18.7 Å². The van der Waals surface area contributed by atoms with Gasteiger partial charge in [-0.15, -0.1) is 0 Å². The highest BCUT2D eigenvalue weighted by Crippen LogP contribution is 2.43. The molecule has 0 spiro atoms. The molecule has 2 heterocycles. The molecule has 5 rings (SSSR count). The molecule has 2 fully saturated rings. The van der Waals surface area contributed by atoms with E-state index >= 15 is 4.39 Å². The zero-order chi connectivity index (χ0) is 25.4. The molecule has 2 aromatic carbocycles. The summed E-state index contributed by atoms with van der Waals surface area (Å²) in [7, 11) is 3.09. The van der Waals surface area contributed by atoms with Crippen LogP contribution in [-0.4, -0.2) is 50.2 Å². The Morgan fingerprint density at radius 1 is 1.17 bits per heavy atom. The summed E-state index contributed by atoms with van der Waals surface area (Å²) in [5.74, 6) is 0.111. The van der Waals surface area contributed by atoms with Crippen molar-refractivity contribution >= 4 is 28.4 Å². The number of nitrogens with one attached hydrogen (secondary N) is 1. The summed E-state index contributed by atoms with van der Waals surface area (Å²) in [4.78, 5) is 28.6. The first-order chi connectivity index (χ1) is 17.4. The molecule has 188 valence electrons. The quantitative estimate of drug-likeness (QED) is 0.395. The largest absolute Gasteiger partial charge is 0.497 e. The van der Waals surface area contributed by atoms with Crippen molar-refractivity contribution in [1.82, 2.24) is 9.88 Å². The lowest BCUT2D eigenvalue weighted by atomic mass is 10.0. The van der Waals surface area contributed by atoms with E-state index in [0.717, 1.165) is 24.9 Å². The molecule has 0 amide bonds. The molecule has 0 bridgehead atoms. The minimum absolute atomic E-state index is 0.0177. The van der Waals surface area contributed by atoms with Gasteiger partial charge in [-0.2, -0.15) is 0 Å². The third-order valence-electron chi connectivity index (χ3n) is 6.84. The molecular weight excluding hydrogens is 461 g/mol.